The van der Waals surface area contributed by atoms with E-state index < -0.39 is 0 Å². The van der Waals surface area contributed by atoms with E-state index in [0.717, 1.165) is 12.8 Å². The van der Waals surface area contributed by atoms with Gasteiger partial charge in [-0.05, 0) is 121 Å². The molecule has 0 aromatic heterocycles. The molecule has 0 saturated carbocycles. The summed E-state index contributed by atoms with van der Waals surface area (Å²) >= 11 is 0. The van der Waals surface area contributed by atoms with Crippen LogP contribution in [0.25, 0.3) is 33.0 Å². The van der Waals surface area contributed by atoms with E-state index in [0.29, 0.717) is 11.8 Å². The van der Waals surface area contributed by atoms with Gasteiger partial charge in [-0.3, -0.25) is 0 Å². The second-order valence-electron chi connectivity index (χ2n) is 15.4. The van der Waals surface area contributed by atoms with Crippen molar-refractivity contribution in [2.75, 3.05) is 11.9 Å². The minimum atomic E-state index is -0.0796. The first-order chi connectivity index (χ1) is 23.2. The number of rotatable bonds is 4. The van der Waals surface area contributed by atoms with Crippen LogP contribution in [0, 0.1) is 5.92 Å². The molecule has 9 rings (SSSR count). The Labute approximate surface area is 285 Å². The average Bonchev–Trinajstić information content (AvgIpc) is 3.49. The van der Waals surface area contributed by atoms with Crippen molar-refractivity contribution in [2.24, 2.45) is 5.92 Å². The van der Waals surface area contributed by atoms with E-state index in [4.69, 9.17) is 0 Å². The Morgan fingerprint density at radius 1 is 0.667 bits per heavy atom. The molecule has 0 radical (unpaired) electrons. The molecule has 0 bridgehead atoms. The molecule has 2 unspecified atom stereocenters. The van der Waals surface area contributed by atoms with Crippen molar-refractivity contribution >= 4 is 22.1 Å². The summed E-state index contributed by atoms with van der Waals surface area (Å²) in [4.78, 5) is 2.33. The summed E-state index contributed by atoms with van der Waals surface area (Å²) in [5.74, 6) is 0.893. The van der Waals surface area contributed by atoms with Gasteiger partial charge in [0.2, 0.25) is 0 Å². The maximum atomic E-state index is 2.60. The smallest absolute Gasteiger partial charge is 0.0411 e. The highest BCUT2D eigenvalue weighted by molar-refractivity contribution is 5.97. The van der Waals surface area contributed by atoms with Crippen LogP contribution in [0.5, 0.6) is 0 Å². The van der Waals surface area contributed by atoms with Crippen molar-refractivity contribution < 1.29 is 0 Å². The number of fused-ring (bicyclic) bond motifs is 7. The van der Waals surface area contributed by atoms with Gasteiger partial charge in [-0.2, -0.15) is 0 Å². The van der Waals surface area contributed by atoms with Crippen LogP contribution in [0.3, 0.4) is 0 Å². The molecule has 5 aromatic rings. The second-order valence-corrected chi connectivity index (χ2v) is 15.4. The van der Waals surface area contributed by atoms with Crippen LogP contribution in [0.1, 0.15) is 68.7 Å². The van der Waals surface area contributed by atoms with Gasteiger partial charge in [0.05, 0.1) is 0 Å². The summed E-state index contributed by atoms with van der Waals surface area (Å²) in [6.45, 7) is 9.79. The van der Waals surface area contributed by atoms with E-state index in [1.165, 1.54) is 77.8 Å². The van der Waals surface area contributed by atoms with Gasteiger partial charge in [0.15, 0.2) is 0 Å². The van der Waals surface area contributed by atoms with Crippen molar-refractivity contribution in [1.29, 1.82) is 0 Å². The summed E-state index contributed by atoms with van der Waals surface area (Å²) in [7, 11) is 2.19. The molecule has 0 saturated heterocycles. The molecule has 5 aromatic carbocycles. The lowest BCUT2D eigenvalue weighted by Crippen LogP contribution is -2.27. The Bertz CT molecular complexity index is 2250. The van der Waals surface area contributed by atoms with Crippen LogP contribution < -0.4 is 4.90 Å². The van der Waals surface area contributed by atoms with Crippen LogP contribution in [0.15, 0.2) is 145 Å². The van der Waals surface area contributed by atoms with Crippen LogP contribution in [-0.2, 0) is 10.8 Å². The molecule has 4 aliphatic carbocycles. The molecule has 0 N–H and O–H groups in total. The van der Waals surface area contributed by atoms with Gasteiger partial charge >= 0.3 is 0 Å². The Morgan fingerprint density at radius 3 is 2.25 bits per heavy atom. The Kier molecular flexibility index (Phi) is 6.44. The second kappa shape index (κ2) is 10.6. The number of hydrogen-bond acceptors (Lipinski definition) is 1. The van der Waals surface area contributed by atoms with Gasteiger partial charge in [0, 0.05) is 29.8 Å². The lowest BCUT2D eigenvalue weighted by molar-refractivity contribution is 0.387. The molecule has 0 spiro atoms. The number of hydrogen-bond donors (Lipinski definition) is 0. The third-order valence-electron chi connectivity index (χ3n) is 12.1. The number of anilines is 2. The normalized spacial score (nSPS) is 20.9. The summed E-state index contributed by atoms with van der Waals surface area (Å²) < 4.78 is 0. The Balaban J connectivity index is 1.08. The lowest BCUT2D eigenvalue weighted by Gasteiger charge is -2.33. The van der Waals surface area contributed by atoms with Gasteiger partial charge in [-0.15, -0.1) is 0 Å². The molecule has 236 valence electrons. The molecule has 0 amide bonds. The lowest BCUT2D eigenvalue weighted by atomic mass is 9.70. The zero-order valence-electron chi connectivity index (χ0n) is 28.7. The fourth-order valence-corrected chi connectivity index (χ4v) is 9.34. The van der Waals surface area contributed by atoms with Gasteiger partial charge in [-0.1, -0.05) is 131 Å². The number of nitrogens with zero attached hydrogens (tertiary/aromatic N) is 1. The predicted molar refractivity (Wildman–Crippen MR) is 204 cm³/mol. The molecular formula is C47H43N. The number of benzene rings is 5. The average molecular weight is 622 g/mol. The molecule has 1 nitrogen and oxygen atoms in total. The minimum absolute atomic E-state index is 0.0739. The Hall–Kier alpha value is -4.88. The van der Waals surface area contributed by atoms with E-state index in [9.17, 15) is 0 Å². The molecule has 4 aliphatic rings. The fourth-order valence-electron chi connectivity index (χ4n) is 9.34. The first kappa shape index (κ1) is 29.3. The molecule has 2 atom stereocenters. The van der Waals surface area contributed by atoms with Gasteiger partial charge < -0.3 is 4.90 Å². The van der Waals surface area contributed by atoms with Crippen LogP contribution >= 0.6 is 0 Å². The summed E-state index contributed by atoms with van der Waals surface area (Å²) in [5.41, 5.74) is 16.7. The summed E-state index contributed by atoms with van der Waals surface area (Å²) in [6.07, 6.45) is 16.4. The number of allylic oxidation sites excluding steroid dienone is 8. The van der Waals surface area contributed by atoms with E-state index in [1.54, 1.807) is 0 Å². The van der Waals surface area contributed by atoms with E-state index >= 15 is 0 Å². The van der Waals surface area contributed by atoms with Gasteiger partial charge in [0.1, 0.15) is 0 Å². The fraction of sp³-hybridized carbons (Fsp3) is 0.234. The minimum Gasteiger partial charge on any atom is -0.345 e. The topological polar surface area (TPSA) is 3.24 Å². The standard InChI is InChI=1S/C47H43N/c1-46(2)41-20-12-19-37(31-13-7-6-8-14-31)45(41)40-28-39-38-26-25-34(27-42(38)47(3,4)43(39)29-44(40)46)48(5)33-23-21-32(22-24-33)36-18-11-16-30-15-9-10-17-35(30)36/h6-7,9-13,15-29,41,45H,8,14H2,1-5H3. The quantitative estimate of drug-likeness (QED) is 0.193. The first-order valence-electron chi connectivity index (χ1n) is 17.6. The van der Waals surface area contributed by atoms with E-state index in [2.05, 4.69) is 173 Å². The molecule has 0 fully saturated rings. The molecule has 0 heterocycles. The van der Waals surface area contributed by atoms with Gasteiger partial charge in [-0.25, -0.2) is 0 Å². The largest absolute Gasteiger partial charge is 0.345 e. The maximum absolute atomic E-state index is 2.60. The zero-order chi connectivity index (χ0) is 32.8. The summed E-state index contributed by atoms with van der Waals surface area (Å²) in [5, 5.41) is 2.57. The first-order valence-corrected chi connectivity index (χ1v) is 17.6. The zero-order valence-corrected chi connectivity index (χ0v) is 28.7. The van der Waals surface area contributed by atoms with Crippen molar-refractivity contribution in [3.63, 3.8) is 0 Å². The molecular weight excluding hydrogens is 579 g/mol. The monoisotopic (exact) mass is 621 g/mol. The SMILES string of the molecule is CN(c1ccc(-c2cccc3ccccc23)cc1)c1ccc2c(c1)C(C)(C)c1cc3c(cc1-2)C1C(C2=CC=CCC2)=CC=CC1C3(C)C. The molecule has 0 aliphatic heterocycles. The predicted octanol–water partition coefficient (Wildman–Crippen LogP) is 12.3. The van der Waals surface area contributed by atoms with Crippen LogP contribution in [0.4, 0.5) is 11.4 Å². The maximum Gasteiger partial charge on any atom is 0.0411 e. The van der Waals surface area contributed by atoms with E-state index in [-0.39, 0.29) is 10.8 Å². The molecule has 1 heteroatoms. The van der Waals surface area contributed by atoms with Crippen molar-refractivity contribution in [1.82, 2.24) is 0 Å². The Morgan fingerprint density at radius 2 is 1.44 bits per heavy atom. The van der Waals surface area contributed by atoms with Crippen LogP contribution in [-0.4, -0.2) is 7.05 Å². The van der Waals surface area contributed by atoms with Crippen molar-refractivity contribution in [3.05, 3.63) is 167 Å². The van der Waals surface area contributed by atoms with E-state index in [1.807, 2.05) is 0 Å². The summed E-state index contributed by atoms with van der Waals surface area (Å²) in [6, 6.07) is 36.6. The third-order valence-corrected chi connectivity index (χ3v) is 12.1. The highest BCUT2D eigenvalue weighted by Crippen LogP contribution is 2.60. The highest BCUT2D eigenvalue weighted by atomic mass is 15.1. The third kappa shape index (κ3) is 4.23. The highest BCUT2D eigenvalue weighted by Gasteiger charge is 2.49. The van der Waals surface area contributed by atoms with Gasteiger partial charge in [0.25, 0.3) is 0 Å². The van der Waals surface area contributed by atoms with Crippen LogP contribution in [0.2, 0.25) is 0 Å². The molecule has 48 heavy (non-hydrogen) atoms. The van der Waals surface area contributed by atoms with Crippen molar-refractivity contribution in [3.8, 4) is 22.3 Å². The van der Waals surface area contributed by atoms with Crippen molar-refractivity contribution in [2.45, 2.75) is 57.3 Å².